The molecule has 2 aromatic carbocycles. The van der Waals surface area contributed by atoms with Gasteiger partial charge in [0.05, 0.1) is 13.7 Å². The lowest BCUT2D eigenvalue weighted by atomic mass is 10.2. The lowest BCUT2D eigenvalue weighted by molar-refractivity contribution is -0.117. The quantitative estimate of drug-likeness (QED) is 0.397. The smallest absolute Gasteiger partial charge is 0.269 e. The average molecular weight is 403 g/mol. The zero-order valence-electron chi connectivity index (χ0n) is 15.8. The van der Waals surface area contributed by atoms with Crippen molar-refractivity contribution in [3.05, 3.63) is 64.7 Å². The number of amides is 2. The van der Waals surface area contributed by atoms with Crippen LogP contribution in [0.4, 0.5) is 0 Å². The van der Waals surface area contributed by atoms with Gasteiger partial charge in [0.1, 0.15) is 0 Å². The molecule has 28 heavy (non-hydrogen) atoms. The predicted octanol–water partition coefficient (Wildman–Crippen LogP) is 4.00. The van der Waals surface area contributed by atoms with E-state index in [0.29, 0.717) is 28.7 Å². The lowest BCUT2D eigenvalue weighted by Crippen LogP contribution is -2.40. The molecule has 0 aromatic heterocycles. The van der Waals surface area contributed by atoms with E-state index in [2.05, 4.69) is 17.8 Å². The Bertz CT molecular complexity index is 852. The Kier molecular flexibility index (Phi) is 8.37. The second-order valence-corrected chi connectivity index (χ2v) is 6.34. The summed E-state index contributed by atoms with van der Waals surface area (Å²) >= 11 is 5.89. The molecule has 0 atom stereocenters. The second-order valence-electron chi connectivity index (χ2n) is 5.90. The Morgan fingerprint density at radius 2 is 1.93 bits per heavy atom. The summed E-state index contributed by atoms with van der Waals surface area (Å²) in [5.41, 5.74) is 5.79. The molecule has 148 valence electrons. The van der Waals surface area contributed by atoms with Gasteiger partial charge in [-0.3, -0.25) is 20.4 Å². The monoisotopic (exact) mass is 402 g/mol. The van der Waals surface area contributed by atoms with E-state index < -0.39 is 11.8 Å². The highest BCUT2D eigenvalue weighted by atomic mass is 35.5. The van der Waals surface area contributed by atoms with Crippen LogP contribution in [0.1, 0.15) is 35.7 Å². The molecule has 2 N–H and O–H groups in total. The fourth-order valence-corrected chi connectivity index (χ4v) is 2.47. The first kappa shape index (κ1) is 21.3. The van der Waals surface area contributed by atoms with Gasteiger partial charge in [0.15, 0.2) is 11.5 Å². The van der Waals surface area contributed by atoms with E-state index in [-0.39, 0.29) is 0 Å². The van der Waals surface area contributed by atoms with Gasteiger partial charge in [-0.25, -0.2) is 0 Å². The summed E-state index contributed by atoms with van der Waals surface area (Å²) in [4.78, 5) is 24.1. The van der Waals surface area contributed by atoms with Gasteiger partial charge in [0.2, 0.25) is 0 Å². The highest BCUT2D eigenvalue weighted by Gasteiger charge is 2.11. The van der Waals surface area contributed by atoms with E-state index in [9.17, 15) is 9.59 Å². The lowest BCUT2D eigenvalue weighted by Gasteiger charge is -2.12. The Morgan fingerprint density at radius 3 is 2.64 bits per heavy atom. The largest absolute Gasteiger partial charge is 0.493 e. The average Bonchev–Trinajstić information content (AvgIpc) is 2.70. The molecule has 0 fully saturated rings. The second kappa shape index (κ2) is 11.0. The van der Waals surface area contributed by atoms with Crippen LogP contribution in [0.5, 0.6) is 11.5 Å². The molecule has 0 aliphatic carbocycles. The molecule has 2 amide bonds. The fourth-order valence-electron chi connectivity index (χ4n) is 2.27. The molecular formula is C21H23ClN2O4. The van der Waals surface area contributed by atoms with Crippen molar-refractivity contribution in [3.63, 3.8) is 0 Å². The SMILES string of the molecule is CCCCOc1ccc(C(=O)NNC(=O)/C=C/c2cccc(Cl)c2)cc1OC. The number of halogens is 1. The molecule has 0 spiro atoms. The minimum Gasteiger partial charge on any atom is -0.493 e. The summed E-state index contributed by atoms with van der Waals surface area (Å²) in [6, 6.07) is 11.9. The molecule has 0 unspecified atom stereocenters. The van der Waals surface area contributed by atoms with E-state index in [1.54, 1.807) is 42.5 Å². The fraction of sp³-hybridized carbons (Fsp3) is 0.238. The summed E-state index contributed by atoms with van der Waals surface area (Å²) in [6.45, 7) is 2.65. The molecule has 0 bridgehead atoms. The summed E-state index contributed by atoms with van der Waals surface area (Å²) in [5.74, 6) is 0.0830. The van der Waals surface area contributed by atoms with Crippen molar-refractivity contribution in [1.29, 1.82) is 0 Å². The first-order valence-electron chi connectivity index (χ1n) is 8.88. The number of rotatable bonds is 8. The van der Waals surface area contributed by atoms with Gasteiger partial charge in [0, 0.05) is 16.7 Å². The van der Waals surface area contributed by atoms with Gasteiger partial charge in [-0.05, 0) is 48.4 Å². The zero-order valence-corrected chi connectivity index (χ0v) is 16.6. The number of benzene rings is 2. The summed E-state index contributed by atoms with van der Waals surface area (Å²) in [6.07, 6.45) is 4.85. The molecule has 7 heteroatoms. The number of unbranched alkanes of at least 4 members (excludes halogenated alkanes) is 1. The predicted molar refractivity (Wildman–Crippen MR) is 109 cm³/mol. The number of hydrogen-bond acceptors (Lipinski definition) is 4. The molecule has 0 aliphatic rings. The van der Waals surface area contributed by atoms with Crippen molar-refractivity contribution in [2.24, 2.45) is 0 Å². The van der Waals surface area contributed by atoms with Crippen LogP contribution < -0.4 is 20.3 Å². The molecule has 0 saturated carbocycles. The van der Waals surface area contributed by atoms with E-state index in [1.807, 2.05) is 6.07 Å². The normalized spacial score (nSPS) is 10.5. The van der Waals surface area contributed by atoms with Gasteiger partial charge >= 0.3 is 0 Å². The van der Waals surface area contributed by atoms with Crippen molar-refractivity contribution < 1.29 is 19.1 Å². The van der Waals surface area contributed by atoms with Crippen LogP contribution in [0.15, 0.2) is 48.5 Å². The molecule has 0 aliphatic heterocycles. The number of hydrazine groups is 1. The summed E-state index contributed by atoms with van der Waals surface area (Å²) in [7, 11) is 1.51. The van der Waals surface area contributed by atoms with Crippen molar-refractivity contribution in [2.45, 2.75) is 19.8 Å². The third-order valence-corrected chi connectivity index (χ3v) is 3.99. The van der Waals surface area contributed by atoms with Crippen LogP contribution in [-0.4, -0.2) is 25.5 Å². The zero-order chi connectivity index (χ0) is 20.4. The number of methoxy groups -OCH3 is 1. The van der Waals surface area contributed by atoms with Crippen LogP contribution in [0.3, 0.4) is 0 Å². The van der Waals surface area contributed by atoms with E-state index >= 15 is 0 Å². The third-order valence-electron chi connectivity index (χ3n) is 3.76. The molecule has 0 saturated heterocycles. The number of carbonyl (C=O) groups is 2. The van der Waals surface area contributed by atoms with Crippen LogP contribution in [-0.2, 0) is 4.79 Å². The standard InChI is InChI=1S/C21H23ClN2O4/c1-3-4-12-28-18-10-9-16(14-19(18)27-2)21(26)24-23-20(25)11-8-15-6-5-7-17(22)13-15/h5-11,13-14H,3-4,12H2,1-2H3,(H,23,25)(H,24,26)/b11-8+. The van der Waals surface area contributed by atoms with Gasteiger partial charge in [-0.1, -0.05) is 37.1 Å². The van der Waals surface area contributed by atoms with Crippen molar-refractivity contribution in [3.8, 4) is 11.5 Å². The molecule has 6 nitrogen and oxygen atoms in total. The van der Waals surface area contributed by atoms with Crippen molar-refractivity contribution >= 4 is 29.5 Å². The van der Waals surface area contributed by atoms with E-state index in [1.165, 1.54) is 13.2 Å². The molecular weight excluding hydrogens is 380 g/mol. The maximum atomic E-state index is 12.2. The Balaban J connectivity index is 1.92. The minimum absolute atomic E-state index is 0.332. The van der Waals surface area contributed by atoms with Gasteiger partial charge in [-0.15, -0.1) is 0 Å². The van der Waals surface area contributed by atoms with E-state index in [4.69, 9.17) is 21.1 Å². The van der Waals surface area contributed by atoms with E-state index in [0.717, 1.165) is 18.4 Å². The first-order chi connectivity index (χ1) is 13.5. The summed E-state index contributed by atoms with van der Waals surface area (Å²) in [5, 5.41) is 0.576. The number of hydrogen-bond donors (Lipinski definition) is 2. The van der Waals surface area contributed by atoms with Gasteiger partial charge in [0.25, 0.3) is 11.8 Å². The topological polar surface area (TPSA) is 76.7 Å². The number of carbonyl (C=O) groups excluding carboxylic acids is 2. The highest BCUT2D eigenvalue weighted by Crippen LogP contribution is 2.28. The number of nitrogens with one attached hydrogen (secondary N) is 2. The highest BCUT2D eigenvalue weighted by molar-refractivity contribution is 6.30. The molecule has 0 heterocycles. The summed E-state index contributed by atoms with van der Waals surface area (Å²) < 4.78 is 10.9. The number of ether oxygens (including phenoxy) is 2. The van der Waals surface area contributed by atoms with Gasteiger partial charge < -0.3 is 9.47 Å². The van der Waals surface area contributed by atoms with Crippen LogP contribution in [0, 0.1) is 0 Å². The maximum Gasteiger partial charge on any atom is 0.269 e. The van der Waals surface area contributed by atoms with Crippen LogP contribution >= 0.6 is 11.6 Å². The molecule has 0 radical (unpaired) electrons. The van der Waals surface area contributed by atoms with Gasteiger partial charge in [-0.2, -0.15) is 0 Å². The Labute approximate surface area is 169 Å². The minimum atomic E-state index is -0.472. The first-order valence-corrected chi connectivity index (χ1v) is 9.26. The molecule has 2 rings (SSSR count). The van der Waals surface area contributed by atoms with Crippen LogP contribution in [0.25, 0.3) is 6.08 Å². The molecule has 2 aromatic rings. The third kappa shape index (κ3) is 6.63. The van der Waals surface area contributed by atoms with Crippen LogP contribution in [0.2, 0.25) is 5.02 Å². The maximum absolute atomic E-state index is 12.2. The Morgan fingerprint density at radius 1 is 1.11 bits per heavy atom. The van der Waals surface area contributed by atoms with Crippen molar-refractivity contribution in [1.82, 2.24) is 10.9 Å². The Hall–Kier alpha value is -2.99. The van der Waals surface area contributed by atoms with Crippen molar-refractivity contribution in [2.75, 3.05) is 13.7 Å².